The lowest BCUT2D eigenvalue weighted by atomic mass is 9.93. The van der Waals surface area contributed by atoms with E-state index in [1.54, 1.807) is 11.3 Å². The minimum absolute atomic E-state index is 0.229. The summed E-state index contributed by atoms with van der Waals surface area (Å²) >= 11 is 5.12. The van der Waals surface area contributed by atoms with Crippen molar-refractivity contribution in [2.45, 2.75) is 19.3 Å². The fraction of sp³-hybridized carbons (Fsp3) is 0.545. The number of hydrogen-bond donors (Lipinski definition) is 1. The number of carbonyl (C=O) groups is 1. The maximum Gasteiger partial charge on any atom is 0.142 e. The molecule has 1 aromatic heterocycles. The van der Waals surface area contributed by atoms with E-state index in [1.165, 1.54) is 0 Å². The van der Waals surface area contributed by atoms with Crippen LogP contribution in [0.1, 0.15) is 17.7 Å². The van der Waals surface area contributed by atoms with Crippen molar-refractivity contribution in [2.75, 3.05) is 13.1 Å². The number of carbonyl (C=O) groups excluding carboxylic acids is 1. The zero-order valence-electron chi connectivity index (χ0n) is 8.46. The Bertz CT molecular complexity index is 344. The molecule has 1 aliphatic rings. The SMILES string of the molecule is O=C(Cc1sccc1Br)C1CCCNC1. The molecule has 2 nitrogen and oxygen atoms in total. The van der Waals surface area contributed by atoms with Crippen molar-refractivity contribution < 1.29 is 4.79 Å². The first-order valence-electron chi connectivity index (χ1n) is 5.22. The molecular formula is C11H14BrNOS. The highest BCUT2D eigenvalue weighted by Gasteiger charge is 2.21. The van der Waals surface area contributed by atoms with Crippen LogP contribution in [-0.2, 0) is 11.2 Å². The minimum Gasteiger partial charge on any atom is -0.316 e. The van der Waals surface area contributed by atoms with Gasteiger partial charge in [0.2, 0.25) is 0 Å². The number of nitrogens with one attached hydrogen (secondary N) is 1. The Morgan fingerprint density at radius 2 is 2.53 bits per heavy atom. The van der Waals surface area contributed by atoms with E-state index in [9.17, 15) is 4.79 Å². The molecule has 1 N–H and O–H groups in total. The Morgan fingerprint density at radius 1 is 1.67 bits per heavy atom. The predicted octanol–water partition coefficient (Wildman–Crippen LogP) is 2.62. The summed E-state index contributed by atoms with van der Waals surface area (Å²) in [5.41, 5.74) is 0. The first-order valence-corrected chi connectivity index (χ1v) is 6.90. The molecule has 1 aliphatic heterocycles. The number of thiophene rings is 1. The van der Waals surface area contributed by atoms with Gasteiger partial charge in [-0.15, -0.1) is 11.3 Å². The molecule has 1 saturated heterocycles. The van der Waals surface area contributed by atoms with Crippen LogP contribution in [0, 0.1) is 5.92 Å². The lowest BCUT2D eigenvalue weighted by Gasteiger charge is -2.21. The molecule has 0 amide bonds. The summed E-state index contributed by atoms with van der Waals surface area (Å²) in [6.45, 7) is 1.92. The smallest absolute Gasteiger partial charge is 0.142 e. The van der Waals surface area contributed by atoms with Crippen LogP contribution >= 0.6 is 27.3 Å². The lowest BCUT2D eigenvalue weighted by molar-refractivity contribution is -0.122. The highest BCUT2D eigenvalue weighted by molar-refractivity contribution is 9.10. The monoisotopic (exact) mass is 287 g/mol. The normalized spacial score (nSPS) is 21.5. The summed E-state index contributed by atoms with van der Waals surface area (Å²) in [7, 11) is 0. The predicted molar refractivity (Wildman–Crippen MR) is 66.3 cm³/mol. The Labute approximate surface area is 102 Å². The van der Waals surface area contributed by atoms with Gasteiger partial charge in [0.05, 0.1) is 0 Å². The van der Waals surface area contributed by atoms with Crippen LogP contribution in [0.15, 0.2) is 15.9 Å². The minimum atomic E-state index is 0.229. The van der Waals surface area contributed by atoms with Crippen LogP contribution in [0.25, 0.3) is 0 Å². The molecule has 82 valence electrons. The Morgan fingerprint density at radius 3 is 3.13 bits per heavy atom. The van der Waals surface area contributed by atoms with E-state index in [0.29, 0.717) is 12.2 Å². The van der Waals surface area contributed by atoms with Crippen molar-refractivity contribution in [3.8, 4) is 0 Å². The second-order valence-electron chi connectivity index (χ2n) is 3.88. The molecule has 0 bridgehead atoms. The molecule has 0 aliphatic carbocycles. The van der Waals surface area contributed by atoms with Gasteiger partial charge < -0.3 is 5.32 Å². The number of rotatable bonds is 3. The van der Waals surface area contributed by atoms with Crippen LogP contribution in [0.5, 0.6) is 0 Å². The molecule has 1 atom stereocenters. The topological polar surface area (TPSA) is 29.1 Å². The molecule has 15 heavy (non-hydrogen) atoms. The van der Waals surface area contributed by atoms with Crippen molar-refractivity contribution in [1.29, 1.82) is 0 Å². The molecule has 1 fully saturated rings. The van der Waals surface area contributed by atoms with Gasteiger partial charge in [0, 0.05) is 28.2 Å². The van der Waals surface area contributed by atoms with E-state index in [2.05, 4.69) is 21.2 Å². The van der Waals surface area contributed by atoms with E-state index < -0.39 is 0 Å². The van der Waals surface area contributed by atoms with Gasteiger partial charge in [-0.2, -0.15) is 0 Å². The molecule has 0 aromatic carbocycles. The third kappa shape index (κ3) is 2.89. The molecular weight excluding hydrogens is 274 g/mol. The first kappa shape index (κ1) is 11.3. The summed E-state index contributed by atoms with van der Waals surface area (Å²) in [5.74, 6) is 0.609. The fourth-order valence-corrected chi connectivity index (χ4v) is 3.38. The van der Waals surface area contributed by atoms with Gasteiger partial charge in [-0.05, 0) is 46.8 Å². The average Bonchev–Trinajstić information content (AvgIpc) is 2.66. The third-order valence-corrected chi connectivity index (χ3v) is 4.70. The first-order chi connectivity index (χ1) is 7.27. The van der Waals surface area contributed by atoms with Crippen molar-refractivity contribution in [1.82, 2.24) is 5.32 Å². The van der Waals surface area contributed by atoms with Gasteiger partial charge in [-0.25, -0.2) is 0 Å². The van der Waals surface area contributed by atoms with Crippen molar-refractivity contribution in [2.24, 2.45) is 5.92 Å². The largest absolute Gasteiger partial charge is 0.316 e. The number of hydrogen-bond acceptors (Lipinski definition) is 3. The van der Waals surface area contributed by atoms with Crippen molar-refractivity contribution in [3.63, 3.8) is 0 Å². The Balaban J connectivity index is 1.94. The van der Waals surface area contributed by atoms with Crippen LogP contribution < -0.4 is 5.32 Å². The van der Waals surface area contributed by atoms with Gasteiger partial charge in [0.15, 0.2) is 0 Å². The Hall–Kier alpha value is -0.190. The molecule has 4 heteroatoms. The van der Waals surface area contributed by atoms with Crippen LogP contribution in [-0.4, -0.2) is 18.9 Å². The maximum absolute atomic E-state index is 12.0. The fourth-order valence-electron chi connectivity index (χ4n) is 1.88. The van der Waals surface area contributed by atoms with Gasteiger partial charge >= 0.3 is 0 Å². The standard InChI is InChI=1S/C11H14BrNOS/c12-9-3-5-15-11(9)6-10(14)8-2-1-4-13-7-8/h3,5,8,13H,1-2,4,6-7H2. The van der Waals surface area contributed by atoms with Crippen LogP contribution in [0.4, 0.5) is 0 Å². The zero-order chi connectivity index (χ0) is 10.7. The number of piperidine rings is 1. The summed E-state index contributed by atoms with van der Waals surface area (Å²) in [4.78, 5) is 13.1. The molecule has 2 rings (SSSR count). The van der Waals surface area contributed by atoms with E-state index in [1.807, 2.05) is 11.4 Å². The van der Waals surface area contributed by atoms with Gasteiger partial charge in [-0.1, -0.05) is 0 Å². The van der Waals surface area contributed by atoms with E-state index >= 15 is 0 Å². The maximum atomic E-state index is 12.0. The van der Waals surface area contributed by atoms with Gasteiger partial charge in [0.1, 0.15) is 5.78 Å². The third-order valence-electron chi connectivity index (χ3n) is 2.78. The molecule has 0 radical (unpaired) electrons. The summed E-state index contributed by atoms with van der Waals surface area (Å²) in [5, 5.41) is 5.30. The highest BCUT2D eigenvalue weighted by Crippen LogP contribution is 2.25. The molecule has 1 unspecified atom stereocenters. The number of ketones is 1. The second kappa shape index (κ2) is 5.23. The van der Waals surface area contributed by atoms with E-state index in [-0.39, 0.29) is 5.92 Å². The number of Topliss-reactive ketones (excluding diaryl/α,β-unsaturated/α-hetero) is 1. The van der Waals surface area contributed by atoms with Crippen molar-refractivity contribution >= 4 is 33.0 Å². The van der Waals surface area contributed by atoms with Crippen LogP contribution in [0.2, 0.25) is 0 Å². The highest BCUT2D eigenvalue weighted by atomic mass is 79.9. The zero-order valence-corrected chi connectivity index (χ0v) is 10.9. The van der Waals surface area contributed by atoms with Crippen molar-refractivity contribution in [3.05, 3.63) is 20.8 Å². The molecule has 2 heterocycles. The molecule has 0 spiro atoms. The summed E-state index contributed by atoms with van der Waals surface area (Å²) in [6.07, 6.45) is 2.77. The second-order valence-corrected chi connectivity index (χ2v) is 5.73. The van der Waals surface area contributed by atoms with Crippen LogP contribution in [0.3, 0.4) is 0 Å². The van der Waals surface area contributed by atoms with E-state index in [0.717, 1.165) is 35.3 Å². The van der Waals surface area contributed by atoms with Gasteiger partial charge in [0.25, 0.3) is 0 Å². The molecule has 0 saturated carbocycles. The Kier molecular flexibility index (Phi) is 3.94. The average molecular weight is 288 g/mol. The summed E-state index contributed by atoms with van der Waals surface area (Å²) < 4.78 is 1.07. The summed E-state index contributed by atoms with van der Waals surface area (Å²) in [6, 6.07) is 2.01. The molecule has 1 aromatic rings. The number of halogens is 1. The lowest BCUT2D eigenvalue weighted by Crippen LogP contribution is -2.35. The van der Waals surface area contributed by atoms with E-state index in [4.69, 9.17) is 0 Å². The van der Waals surface area contributed by atoms with Gasteiger partial charge in [-0.3, -0.25) is 4.79 Å². The quantitative estimate of drug-likeness (QED) is 0.926.